The van der Waals surface area contributed by atoms with Gasteiger partial charge >= 0.3 is 0 Å². The van der Waals surface area contributed by atoms with Gasteiger partial charge < -0.3 is 9.33 Å². The first-order valence-electron chi connectivity index (χ1n) is 9.00. The fourth-order valence-electron chi connectivity index (χ4n) is 2.96. The van der Waals surface area contributed by atoms with E-state index in [1.165, 1.54) is 16.3 Å². The zero-order valence-corrected chi connectivity index (χ0v) is 17.3. The van der Waals surface area contributed by atoms with Crippen molar-refractivity contribution in [3.63, 3.8) is 0 Å². The largest absolute Gasteiger partial charge is 0.416 e. The molecule has 3 aromatic carbocycles. The van der Waals surface area contributed by atoms with Crippen LogP contribution in [0.2, 0.25) is 13.1 Å². The van der Waals surface area contributed by atoms with Crippen LogP contribution < -0.4 is 10.1 Å². The molecule has 0 N–H and O–H groups in total. The first-order chi connectivity index (χ1) is 12.4. The molecule has 134 valence electrons. The van der Waals surface area contributed by atoms with Crippen LogP contribution in [0.15, 0.2) is 72.8 Å². The zero-order valence-electron chi connectivity index (χ0n) is 16.3. The van der Waals surface area contributed by atoms with E-state index in [2.05, 4.69) is 105 Å². The second-order valence-corrected chi connectivity index (χ2v) is 11.3. The minimum atomic E-state index is -1.80. The molecule has 3 aromatic rings. The average Bonchev–Trinajstić information content (AvgIpc) is 2.65. The summed E-state index contributed by atoms with van der Waals surface area (Å²) in [4.78, 5) is 2.30. The number of benzene rings is 3. The first-order valence-corrected chi connectivity index (χ1v) is 11.9. The second kappa shape index (κ2) is 7.48. The quantitative estimate of drug-likeness (QED) is 0.530. The predicted molar refractivity (Wildman–Crippen MR) is 115 cm³/mol. The monoisotopic (exact) mass is 361 g/mol. The van der Waals surface area contributed by atoms with Crippen molar-refractivity contribution >= 4 is 30.6 Å². The van der Waals surface area contributed by atoms with E-state index in [1.54, 1.807) is 0 Å². The topological polar surface area (TPSA) is 12.5 Å². The summed E-state index contributed by atoms with van der Waals surface area (Å²) < 4.78 is 5.74. The van der Waals surface area contributed by atoms with Crippen molar-refractivity contribution in [3.8, 4) is 0 Å². The molecule has 0 aliphatic heterocycles. The molecule has 0 saturated carbocycles. The number of aryl methyl sites for hydroxylation is 2. The number of rotatable bonds is 5. The molecule has 0 aromatic heterocycles. The molecular weight excluding hydrogens is 334 g/mol. The molecule has 0 aliphatic carbocycles. The number of nitrogens with zero attached hydrogens (tertiary/aromatic N) is 1. The summed E-state index contributed by atoms with van der Waals surface area (Å²) in [6, 6.07) is 26.2. The van der Waals surface area contributed by atoms with Crippen molar-refractivity contribution in [1.29, 1.82) is 0 Å². The number of hydrogen-bond acceptors (Lipinski definition) is 2. The van der Waals surface area contributed by atoms with Crippen molar-refractivity contribution in [2.45, 2.75) is 26.9 Å². The Bertz CT molecular complexity index is 807. The number of anilines is 3. The van der Waals surface area contributed by atoms with Gasteiger partial charge in [0.05, 0.1) is 0 Å². The van der Waals surface area contributed by atoms with Crippen LogP contribution in [0.5, 0.6) is 0 Å². The fourth-order valence-corrected chi connectivity index (χ4v) is 4.17. The summed E-state index contributed by atoms with van der Waals surface area (Å²) >= 11 is 0. The molecule has 0 heterocycles. The van der Waals surface area contributed by atoms with Crippen molar-refractivity contribution in [1.82, 2.24) is 0 Å². The Kier molecular flexibility index (Phi) is 5.30. The highest BCUT2D eigenvalue weighted by Crippen LogP contribution is 2.34. The van der Waals surface area contributed by atoms with Crippen molar-refractivity contribution in [3.05, 3.63) is 83.9 Å². The lowest BCUT2D eigenvalue weighted by Crippen LogP contribution is -2.43. The van der Waals surface area contributed by atoms with Gasteiger partial charge in [0.15, 0.2) is 0 Å². The summed E-state index contributed by atoms with van der Waals surface area (Å²) in [5.74, 6) is 0. The van der Waals surface area contributed by atoms with Gasteiger partial charge in [-0.1, -0.05) is 47.5 Å². The Labute approximate surface area is 158 Å². The van der Waals surface area contributed by atoms with Gasteiger partial charge in [-0.05, 0) is 68.5 Å². The Morgan fingerprint density at radius 1 is 0.615 bits per heavy atom. The third-order valence-corrected chi connectivity index (χ3v) is 7.66. The molecule has 0 fully saturated rings. The Hall–Kier alpha value is -2.36. The van der Waals surface area contributed by atoms with E-state index >= 15 is 0 Å². The summed E-state index contributed by atoms with van der Waals surface area (Å²) in [6.45, 7) is 8.68. The lowest BCUT2D eigenvalue weighted by atomic mass is 10.1. The summed E-state index contributed by atoms with van der Waals surface area (Å²) in [6.07, 6.45) is 0. The van der Waals surface area contributed by atoms with Crippen LogP contribution >= 0.6 is 0 Å². The van der Waals surface area contributed by atoms with Gasteiger partial charge in [-0.25, -0.2) is 0 Å². The third-order valence-electron chi connectivity index (χ3n) is 4.92. The highest BCUT2D eigenvalue weighted by atomic mass is 28.4. The summed E-state index contributed by atoms with van der Waals surface area (Å²) in [5, 5.41) is 1.30. The molecule has 0 radical (unpaired) electrons. The zero-order chi connectivity index (χ0) is 18.7. The van der Waals surface area contributed by atoms with Crippen molar-refractivity contribution < 1.29 is 4.43 Å². The molecule has 0 aliphatic rings. The summed E-state index contributed by atoms with van der Waals surface area (Å²) in [5.41, 5.74) is 6.01. The van der Waals surface area contributed by atoms with Crippen LogP contribution in [0.4, 0.5) is 17.1 Å². The molecule has 0 saturated heterocycles. The molecule has 0 spiro atoms. The molecule has 0 amide bonds. The maximum absolute atomic E-state index is 5.74. The lowest BCUT2D eigenvalue weighted by molar-refractivity contribution is 0.416. The third kappa shape index (κ3) is 3.90. The van der Waals surface area contributed by atoms with E-state index in [9.17, 15) is 0 Å². The van der Waals surface area contributed by atoms with Gasteiger partial charge in [0.25, 0.3) is 0 Å². The maximum Gasteiger partial charge on any atom is 0.217 e. The van der Waals surface area contributed by atoms with Gasteiger partial charge in [0, 0.05) is 24.2 Å². The van der Waals surface area contributed by atoms with Crippen LogP contribution in [-0.2, 0) is 4.43 Å². The summed E-state index contributed by atoms with van der Waals surface area (Å²) in [7, 11) is 0.00747. The van der Waals surface area contributed by atoms with E-state index in [-0.39, 0.29) is 0 Å². The van der Waals surface area contributed by atoms with E-state index in [4.69, 9.17) is 4.43 Å². The molecule has 26 heavy (non-hydrogen) atoms. The van der Waals surface area contributed by atoms with Crippen LogP contribution in [0, 0.1) is 13.8 Å². The first kappa shape index (κ1) is 18.4. The lowest BCUT2D eigenvalue weighted by Gasteiger charge is -2.27. The minimum Gasteiger partial charge on any atom is -0.416 e. The molecular formula is C23H27NOSi. The number of hydrogen-bond donors (Lipinski definition) is 0. The Morgan fingerprint density at radius 3 is 1.31 bits per heavy atom. The van der Waals surface area contributed by atoms with Crippen LogP contribution in [-0.4, -0.2) is 15.4 Å². The molecule has 0 unspecified atom stereocenters. The predicted octanol–water partition coefficient (Wildman–Crippen LogP) is 5.83. The van der Waals surface area contributed by atoms with E-state index < -0.39 is 8.32 Å². The molecule has 0 bridgehead atoms. The SMILES string of the molecule is CO[Si](C)(C)c1ccc(N(c2ccc(C)cc2)c2ccc(C)cc2)cc1. The second-order valence-electron chi connectivity index (χ2n) is 7.27. The van der Waals surface area contributed by atoms with Gasteiger partial charge in [0.2, 0.25) is 8.32 Å². The Morgan fingerprint density at radius 2 is 0.962 bits per heavy atom. The van der Waals surface area contributed by atoms with Gasteiger partial charge in [0.1, 0.15) is 0 Å². The van der Waals surface area contributed by atoms with E-state index in [1.807, 2.05) is 7.11 Å². The maximum atomic E-state index is 5.74. The van der Waals surface area contributed by atoms with Crippen molar-refractivity contribution in [2.75, 3.05) is 12.0 Å². The van der Waals surface area contributed by atoms with Crippen LogP contribution in [0.3, 0.4) is 0 Å². The van der Waals surface area contributed by atoms with E-state index in [0.29, 0.717) is 0 Å². The minimum absolute atomic E-state index is 1.15. The molecule has 2 nitrogen and oxygen atoms in total. The average molecular weight is 362 g/mol. The van der Waals surface area contributed by atoms with Crippen molar-refractivity contribution in [2.24, 2.45) is 0 Å². The highest BCUT2D eigenvalue weighted by Gasteiger charge is 2.23. The smallest absolute Gasteiger partial charge is 0.217 e. The van der Waals surface area contributed by atoms with Crippen LogP contribution in [0.25, 0.3) is 0 Å². The standard InChI is InChI=1S/C23H27NOSi/c1-18-6-10-20(11-7-18)24(21-12-8-19(2)9-13-21)22-14-16-23(17-15-22)26(4,5)25-3/h6-17H,1-5H3. The van der Waals surface area contributed by atoms with Gasteiger partial charge in [-0.2, -0.15) is 0 Å². The van der Waals surface area contributed by atoms with E-state index in [0.717, 1.165) is 17.1 Å². The molecule has 0 atom stereocenters. The van der Waals surface area contributed by atoms with Gasteiger partial charge in [-0.15, -0.1) is 0 Å². The molecule has 3 heteroatoms. The molecule has 3 rings (SSSR count). The highest BCUT2D eigenvalue weighted by molar-refractivity contribution is 6.84. The normalized spacial score (nSPS) is 11.4. The van der Waals surface area contributed by atoms with Crippen LogP contribution in [0.1, 0.15) is 11.1 Å². The van der Waals surface area contributed by atoms with Gasteiger partial charge in [-0.3, -0.25) is 0 Å². The Balaban J connectivity index is 2.06. The fraction of sp³-hybridized carbons (Fsp3) is 0.217.